The van der Waals surface area contributed by atoms with Crippen molar-refractivity contribution in [2.24, 2.45) is 4.99 Å². The summed E-state index contributed by atoms with van der Waals surface area (Å²) in [6, 6.07) is 6.70. The van der Waals surface area contributed by atoms with E-state index in [1.807, 2.05) is 13.8 Å². The summed E-state index contributed by atoms with van der Waals surface area (Å²) in [4.78, 5) is 17.0. The van der Waals surface area contributed by atoms with Crippen molar-refractivity contribution < 1.29 is 13.2 Å². The van der Waals surface area contributed by atoms with Gasteiger partial charge in [0.05, 0.1) is 22.0 Å². The van der Waals surface area contributed by atoms with Crippen LogP contribution in [-0.2, 0) is 14.6 Å². The van der Waals surface area contributed by atoms with E-state index in [1.54, 1.807) is 24.3 Å². The van der Waals surface area contributed by atoms with Crippen molar-refractivity contribution in [1.29, 1.82) is 0 Å². The van der Waals surface area contributed by atoms with Gasteiger partial charge in [-0.05, 0) is 25.0 Å². The highest BCUT2D eigenvalue weighted by Crippen LogP contribution is 2.38. The molecule has 0 saturated heterocycles. The molecule has 0 spiro atoms. The van der Waals surface area contributed by atoms with Crippen LogP contribution >= 0.6 is 0 Å². The molecule has 2 N–H and O–H groups in total. The second kappa shape index (κ2) is 6.84. The predicted molar refractivity (Wildman–Crippen MR) is 98.3 cm³/mol. The van der Waals surface area contributed by atoms with Gasteiger partial charge < -0.3 is 10.6 Å². The average molecular weight is 359 g/mol. The molecule has 0 bridgehead atoms. The summed E-state index contributed by atoms with van der Waals surface area (Å²) in [5, 5.41) is 6.32. The van der Waals surface area contributed by atoms with Gasteiger partial charge in [0.25, 0.3) is 0 Å². The van der Waals surface area contributed by atoms with Crippen LogP contribution in [0.1, 0.15) is 26.7 Å². The number of nitrogens with zero attached hydrogens (tertiary/aromatic N) is 1. The van der Waals surface area contributed by atoms with Crippen molar-refractivity contribution in [2.45, 2.75) is 31.6 Å². The summed E-state index contributed by atoms with van der Waals surface area (Å²) < 4.78 is 26.4. The smallest absolute Gasteiger partial charge is 0.213 e. The maximum atomic E-state index is 13.2. The van der Waals surface area contributed by atoms with Gasteiger partial charge in [0.15, 0.2) is 0 Å². The van der Waals surface area contributed by atoms with Crippen LogP contribution < -0.4 is 10.6 Å². The van der Waals surface area contributed by atoms with Gasteiger partial charge in [-0.1, -0.05) is 26.0 Å². The number of hydrogen-bond donors (Lipinski definition) is 2. The number of aliphatic imine (C=N–C) groups is 1. The van der Waals surface area contributed by atoms with Gasteiger partial charge in [-0.25, -0.2) is 8.42 Å². The van der Waals surface area contributed by atoms with Gasteiger partial charge in [-0.15, -0.1) is 0 Å². The molecule has 1 aromatic rings. The van der Waals surface area contributed by atoms with Crippen LogP contribution in [0.2, 0.25) is 0 Å². The first kappa shape index (κ1) is 17.4. The zero-order valence-corrected chi connectivity index (χ0v) is 15.1. The van der Waals surface area contributed by atoms with E-state index in [-0.39, 0.29) is 21.3 Å². The highest BCUT2D eigenvalue weighted by Gasteiger charge is 2.40. The van der Waals surface area contributed by atoms with Crippen LogP contribution in [0.3, 0.4) is 0 Å². The number of anilines is 1. The van der Waals surface area contributed by atoms with E-state index in [0.29, 0.717) is 30.2 Å². The van der Waals surface area contributed by atoms with Gasteiger partial charge in [-0.3, -0.25) is 9.79 Å². The number of nitrogens with one attached hydrogen (secondary N) is 2. The Morgan fingerprint density at radius 3 is 2.64 bits per heavy atom. The molecule has 132 valence electrons. The first-order valence-corrected chi connectivity index (χ1v) is 9.89. The molecule has 0 saturated carbocycles. The summed E-state index contributed by atoms with van der Waals surface area (Å²) in [5.74, 6) is -0.379. The van der Waals surface area contributed by atoms with Gasteiger partial charge in [-0.2, -0.15) is 0 Å². The minimum Gasteiger partial charge on any atom is -0.383 e. The summed E-state index contributed by atoms with van der Waals surface area (Å²) in [5.41, 5.74) is 1.42. The largest absolute Gasteiger partial charge is 0.383 e. The number of para-hydroxylation sites is 1. The van der Waals surface area contributed by atoms with Crippen LogP contribution in [0.25, 0.3) is 0 Å². The van der Waals surface area contributed by atoms with Gasteiger partial charge >= 0.3 is 0 Å². The van der Waals surface area contributed by atoms with E-state index in [4.69, 9.17) is 0 Å². The molecule has 7 heteroatoms. The lowest BCUT2D eigenvalue weighted by molar-refractivity contribution is -0.108. The third-order valence-corrected chi connectivity index (χ3v) is 5.85. The first-order chi connectivity index (χ1) is 12.0. The number of carbonyl (C=O) groups is 1. The molecule has 1 aliphatic carbocycles. The van der Waals surface area contributed by atoms with Crippen LogP contribution in [-0.4, -0.2) is 33.0 Å². The molecule has 1 aliphatic heterocycles. The lowest BCUT2D eigenvalue weighted by Crippen LogP contribution is -2.36. The lowest BCUT2D eigenvalue weighted by atomic mass is 10.0. The van der Waals surface area contributed by atoms with Crippen LogP contribution in [0.5, 0.6) is 0 Å². The van der Waals surface area contributed by atoms with E-state index >= 15 is 0 Å². The Labute approximate surface area is 147 Å². The standard InChI is InChI=1S/C18H21N3O3S/c1-3-9-19-13-11-14(22)17(20-10-4-2)18-16(13)21-12-7-5-6-8-15(12)25(18,23)24/h5-8,11,19,21H,3-4,9-10H2,1-2H3. The lowest BCUT2D eigenvalue weighted by Gasteiger charge is -2.29. The number of fused-ring (bicyclic) bond motifs is 1. The Morgan fingerprint density at radius 2 is 1.92 bits per heavy atom. The normalized spacial score (nSPS) is 19.8. The molecule has 25 heavy (non-hydrogen) atoms. The van der Waals surface area contributed by atoms with E-state index in [0.717, 1.165) is 12.8 Å². The number of benzene rings is 1. The zero-order chi connectivity index (χ0) is 18.0. The van der Waals surface area contributed by atoms with E-state index in [9.17, 15) is 13.2 Å². The van der Waals surface area contributed by atoms with E-state index < -0.39 is 9.84 Å². The molecule has 0 fully saturated rings. The number of hydrogen-bond acceptors (Lipinski definition) is 6. The minimum atomic E-state index is -3.83. The average Bonchev–Trinajstić information content (AvgIpc) is 2.59. The van der Waals surface area contributed by atoms with Crippen molar-refractivity contribution in [3.05, 3.63) is 46.6 Å². The molecular weight excluding hydrogens is 338 g/mol. The molecule has 0 atom stereocenters. The Hall–Kier alpha value is -2.41. The number of carbonyl (C=O) groups excluding carboxylic acids is 1. The molecular formula is C18H21N3O3S. The number of allylic oxidation sites excluding steroid dienone is 2. The summed E-state index contributed by atoms with van der Waals surface area (Å²) in [6.45, 7) is 4.98. The molecule has 2 aliphatic rings. The molecule has 6 nitrogen and oxygen atoms in total. The second-order valence-corrected chi connectivity index (χ2v) is 7.76. The Kier molecular flexibility index (Phi) is 4.76. The van der Waals surface area contributed by atoms with Crippen LogP contribution in [0.15, 0.2) is 56.5 Å². The Morgan fingerprint density at radius 1 is 1.16 bits per heavy atom. The molecule has 1 heterocycles. The minimum absolute atomic E-state index is 0.0147. The van der Waals surface area contributed by atoms with Crippen molar-refractivity contribution in [1.82, 2.24) is 5.32 Å². The molecule has 3 rings (SSSR count). The fourth-order valence-corrected chi connectivity index (χ4v) is 4.57. The third kappa shape index (κ3) is 3.00. The summed E-state index contributed by atoms with van der Waals surface area (Å²) in [7, 11) is -3.83. The van der Waals surface area contributed by atoms with Crippen molar-refractivity contribution in [3.8, 4) is 0 Å². The summed E-state index contributed by atoms with van der Waals surface area (Å²) in [6.07, 6.45) is 3.02. The molecule has 0 unspecified atom stereocenters. The van der Waals surface area contributed by atoms with E-state index in [2.05, 4.69) is 15.6 Å². The number of sulfone groups is 1. The first-order valence-electron chi connectivity index (χ1n) is 8.41. The van der Waals surface area contributed by atoms with Gasteiger partial charge in [0.2, 0.25) is 15.6 Å². The van der Waals surface area contributed by atoms with E-state index in [1.165, 1.54) is 6.08 Å². The fraction of sp³-hybridized carbons (Fsp3) is 0.333. The maximum absolute atomic E-state index is 13.2. The van der Waals surface area contributed by atoms with Crippen molar-refractivity contribution >= 4 is 27.0 Å². The highest BCUT2D eigenvalue weighted by atomic mass is 32.2. The number of rotatable bonds is 5. The fourth-order valence-electron chi connectivity index (χ4n) is 2.83. The van der Waals surface area contributed by atoms with Crippen LogP contribution in [0.4, 0.5) is 5.69 Å². The topological polar surface area (TPSA) is 87.6 Å². The van der Waals surface area contributed by atoms with Crippen LogP contribution in [0, 0.1) is 0 Å². The Bertz CT molecular complexity index is 911. The quantitative estimate of drug-likeness (QED) is 0.789. The van der Waals surface area contributed by atoms with Crippen molar-refractivity contribution in [3.63, 3.8) is 0 Å². The maximum Gasteiger partial charge on any atom is 0.213 e. The van der Waals surface area contributed by atoms with Gasteiger partial charge in [0.1, 0.15) is 10.6 Å². The molecule has 0 radical (unpaired) electrons. The molecule has 0 aromatic heterocycles. The zero-order valence-electron chi connectivity index (χ0n) is 14.3. The Balaban J connectivity index is 2.22. The monoisotopic (exact) mass is 359 g/mol. The second-order valence-electron chi connectivity index (χ2n) is 5.91. The summed E-state index contributed by atoms with van der Waals surface area (Å²) >= 11 is 0. The predicted octanol–water partition coefficient (Wildman–Crippen LogP) is 2.41. The van der Waals surface area contributed by atoms with Gasteiger partial charge in [0, 0.05) is 19.2 Å². The highest BCUT2D eigenvalue weighted by molar-refractivity contribution is 7.96. The van der Waals surface area contributed by atoms with Crippen molar-refractivity contribution in [2.75, 3.05) is 18.4 Å². The molecule has 1 aromatic carbocycles. The number of ketones is 1. The molecule has 0 amide bonds. The third-order valence-electron chi connectivity index (χ3n) is 3.98. The SMILES string of the molecule is CCCN=C1C(=O)C=C(NCCC)C2=C1S(=O)(=O)c1ccccc1N2.